The third kappa shape index (κ3) is 5.20. The van der Waals surface area contributed by atoms with Crippen molar-refractivity contribution in [2.24, 2.45) is 0 Å². The first kappa shape index (κ1) is 16.0. The van der Waals surface area contributed by atoms with Crippen molar-refractivity contribution in [3.63, 3.8) is 0 Å². The first-order chi connectivity index (χ1) is 8.99. The third-order valence-electron chi connectivity index (χ3n) is 2.85. The van der Waals surface area contributed by atoms with Gasteiger partial charge in [-0.25, -0.2) is 0 Å². The number of hydrogen-bond acceptors (Lipinski definition) is 2. The molecule has 0 aliphatic heterocycles. The van der Waals surface area contributed by atoms with E-state index in [0.29, 0.717) is 13.2 Å². The Hall–Kier alpha value is -1.07. The highest BCUT2D eigenvalue weighted by molar-refractivity contribution is 5.26. The normalized spacial score (nSPS) is 13.5. The highest BCUT2D eigenvalue weighted by atomic mass is 19.4. The zero-order valence-electron chi connectivity index (χ0n) is 11.3. The lowest BCUT2D eigenvalue weighted by molar-refractivity contribution is -0.137. The van der Waals surface area contributed by atoms with E-state index in [-0.39, 0.29) is 6.04 Å². The van der Waals surface area contributed by atoms with Crippen molar-refractivity contribution in [1.29, 1.82) is 0 Å². The molecule has 0 saturated heterocycles. The minimum atomic E-state index is -4.28. The number of benzene rings is 1. The average molecular weight is 275 g/mol. The number of rotatable bonds is 7. The number of alkyl halides is 3. The zero-order chi connectivity index (χ0) is 14.3. The fourth-order valence-electron chi connectivity index (χ4n) is 1.88. The van der Waals surface area contributed by atoms with Crippen LogP contribution in [-0.4, -0.2) is 19.8 Å². The number of halogens is 3. The lowest BCUT2D eigenvalue weighted by Crippen LogP contribution is -2.22. The van der Waals surface area contributed by atoms with Gasteiger partial charge in [-0.2, -0.15) is 13.2 Å². The number of hydrogen-bond donors (Lipinski definition) is 1. The van der Waals surface area contributed by atoms with E-state index in [2.05, 4.69) is 5.32 Å². The SMILES string of the molecule is CCNC(CCOCC)c1ccc(C(F)(F)F)cc1. The Balaban J connectivity index is 2.73. The molecule has 0 radical (unpaired) electrons. The summed E-state index contributed by atoms with van der Waals surface area (Å²) in [6.07, 6.45) is -3.54. The van der Waals surface area contributed by atoms with Gasteiger partial charge in [-0.05, 0) is 37.6 Å². The predicted octanol–water partition coefficient (Wildman–Crippen LogP) is 3.78. The predicted molar refractivity (Wildman–Crippen MR) is 69.0 cm³/mol. The van der Waals surface area contributed by atoms with Gasteiger partial charge in [-0.1, -0.05) is 19.1 Å². The molecule has 1 aromatic carbocycles. The van der Waals surface area contributed by atoms with Crippen LogP contribution in [0.3, 0.4) is 0 Å². The van der Waals surface area contributed by atoms with Crippen LogP contribution in [0, 0.1) is 0 Å². The van der Waals surface area contributed by atoms with E-state index in [9.17, 15) is 13.2 Å². The smallest absolute Gasteiger partial charge is 0.382 e. The van der Waals surface area contributed by atoms with Gasteiger partial charge in [-0.3, -0.25) is 0 Å². The van der Waals surface area contributed by atoms with Crippen molar-refractivity contribution in [2.75, 3.05) is 19.8 Å². The number of nitrogens with one attached hydrogen (secondary N) is 1. The second-order valence-corrected chi connectivity index (χ2v) is 4.22. The zero-order valence-corrected chi connectivity index (χ0v) is 11.3. The van der Waals surface area contributed by atoms with Gasteiger partial charge in [0.2, 0.25) is 0 Å². The van der Waals surface area contributed by atoms with Gasteiger partial charge < -0.3 is 10.1 Å². The van der Waals surface area contributed by atoms with Gasteiger partial charge in [0.15, 0.2) is 0 Å². The molecule has 0 amide bonds. The highest BCUT2D eigenvalue weighted by Gasteiger charge is 2.30. The Kier molecular flexibility index (Phi) is 6.31. The largest absolute Gasteiger partial charge is 0.416 e. The summed E-state index contributed by atoms with van der Waals surface area (Å²) >= 11 is 0. The molecule has 0 heterocycles. The van der Waals surface area contributed by atoms with Gasteiger partial charge in [0.25, 0.3) is 0 Å². The van der Waals surface area contributed by atoms with Crippen LogP contribution in [0.4, 0.5) is 13.2 Å². The molecule has 5 heteroatoms. The van der Waals surface area contributed by atoms with Crippen molar-refractivity contribution >= 4 is 0 Å². The maximum Gasteiger partial charge on any atom is 0.416 e. The molecule has 108 valence electrons. The van der Waals surface area contributed by atoms with E-state index in [1.807, 2.05) is 13.8 Å². The van der Waals surface area contributed by atoms with Gasteiger partial charge >= 0.3 is 6.18 Å². The highest BCUT2D eigenvalue weighted by Crippen LogP contribution is 2.30. The van der Waals surface area contributed by atoms with Gasteiger partial charge in [-0.15, -0.1) is 0 Å². The van der Waals surface area contributed by atoms with Gasteiger partial charge in [0, 0.05) is 19.3 Å². The molecule has 0 fully saturated rings. The standard InChI is InChI=1S/C14H20F3NO/c1-3-18-13(9-10-19-4-2)11-5-7-12(8-6-11)14(15,16)17/h5-8,13,18H,3-4,9-10H2,1-2H3. The minimum Gasteiger partial charge on any atom is -0.382 e. The Bertz CT molecular complexity index is 362. The minimum absolute atomic E-state index is 0.0267. The summed E-state index contributed by atoms with van der Waals surface area (Å²) in [6.45, 7) is 5.89. The molecule has 0 aliphatic carbocycles. The molecule has 0 saturated carbocycles. The molecule has 1 aromatic rings. The quantitative estimate of drug-likeness (QED) is 0.765. The summed E-state index contributed by atoms with van der Waals surface area (Å²) in [5.41, 5.74) is 0.242. The molecular formula is C14H20F3NO. The Labute approximate surface area is 112 Å². The van der Waals surface area contributed by atoms with Crippen molar-refractivity contribution in [2.45, 2.75) is 32.5 Å². The molecular weight excluding hydrogens is 255 g/mol. The molecule has 1 rings (SSSR count). The van der Waals surface area contributed by atoms with Crippen molar-refractivity contribution in [1.82, 2.24) is 5.32 Å². The van der Waals surface area contributed by atoms with E-state index >= 15 is 0 Å². The van der Waals surface area contributed by atoms with Crippen molar-refractivity contribution in [3.8, 4) is 0 Å². The summed E-state index contributed by atoms with van der Waals surface area (Å²) in [5.74, 6) is 0. The summed E-state index contributed by atoms with van der Waals surface area (Å²) in [4.78, 5) is 0. The molecule has 1 atom stereocenters. The van der Waals surface area contributed by atoms with Crippen molar-refractivity contribution < 1.29 is 17.9 Å². The summed E-state index contributed by atoms with van der Waals surface area (Å²) in [7, 11) is 0. The molecule has 2 nitrogen and oxygen atoms in total. The van der Waals surface area contributed by atoms with Crippen LogP contribution in [0.25, 0.3) is 0 Å². The van der Waals surface area contributed by atoms with E-state index < -0.39 is 11.7 Å². The molecule has 19 heavy (non-hydrogen) atoms. The molecule has 0 bridgehead atoms. The molecule has 1 N–H and O–H groups in total. The fraction of sp³-hybridized carbons (Fsp3) is 0.571. The van der Waals surface area contributed by atoms with Crippen LogP contribution >= 0.6 is 0 Å². The van der Waals surface area contributed by atoms with Crippen LogP contribution in [0.15, 0.2) is 24.3 Å². The van der Waals surface area contributed by atoms with Crippen LogP contribution in [0.5, 0.6) is 0 Å². The molecule has 0 aliphatic rings. The van der Waals surface area contributed by atoms with E-state index in [0.717, 1.165) is 30.7 Å². The lowest BCUT2D eigenvalue weighted by Gasteiger charge is -2.19. The third-order valence-corrected chi connectivity index (χ3v) is 2.85. The Morgan fingerprint density at radius 2 is 1.79 bits per heavy atom. The van der Waals surface area contributed by atoms with Gasteiger partial charge in [0.05, 0.1) is 5.56 Å². The van der Waals surface area contributed by atoms with E-state index in [1.165, 1.54) is 12.1 Å². The van der Waals surface area contributed by atoms with Gasteiger partial charge in [0.1, 0.15) is 0 Å². The Morgan fingerprint density at radius 1 is 1.16 bits per heavy atom. The first-order valence-corrected chi connectivity index (χ1v) is 6.47. The molecule has 0 spiro atoms. The topological polar surface area (TPSA) is 21.3 Å². The molecule has 0 aromatic heterocycles. The van der Waals surface area contributed by atoms with Crippen LogP contribution < -0.4 is 5.32 Å². The summed E-state index contributed by atoms with van der Waals surface area (Å²) in [6, 6.07) is 5.34. The van der Waals surface area contributed by atoms with Crippen molar-refractivity contribution in [3.05, 3.63) is 35.4 Å². The monoisotopic (exact) mass is 275 g/mol. The van der Waals surface area contributed by atoms with Crippen LogP contribution in [-0.2, 0) is 10.9 Å². The van der Waals surface area contributed by atoms with E-state index in [4.69, 9.17) is 4.74 Å². The van der Waals surface area contributed by atoms with Crippen LogP contribution in [0.1, 0.15) is 37.4 Å². The second-order valence-electron chi connectivity index (χ2n) is 4.22. The van der Waals surface area contributed by atoms with Crippen LogP contribution in [0.2, 0.25) is 0 Å². The number of ether oxygens (including phenoxy) is 1. The average Bonchev–Trinajstić information content (AvgIpc) is 2.37. The maximum atomic E-state index is 12.5. The lowest BCUT2D eigenvalue weighted by atomic mass is 10.0. The second kappa shape index (κ2) is 7.50. The summed E-state index contributed by atoms with van der Waals surface area (Å²) in [5, 5.41) is 3.25. The Morgan fingerprint density at radius 3 is 2.26 bits per heavy atom. The maximum absolute atomic E-state index is 12.5. The van der Waals surface area contributed by atoms with E-state index in [1.54, 1.807) is 0 Å². The summed E-state index contributed by atoms with van der Waals surface area (Å²) < 4.78 is 42.7. The first-order valence-electron chi connectivity index (χ1n) is 6.47. The molecule has 1 unspecified atom stereocenters. The fourth-order valence-corrected chi connectivity index (χ4v) is 1.88.